The summed E-state index contributed by atoms with van der Waals surface area (Å²) >= 11 is 0. The molecule has 5 heteroatoms. The molecule has 0 unspecified atom stereocenters. The van der Waals surface area contributed by atoms with E-state index in [2.05, 4.69) is 0 Å². The minimum Gasteiger partial charge on any atom is -0.507 e. The van der Waals surface area contributed by atoms with Crippen LogP contribution in [0.15, 0.2) is 30.0 Å². The first-order valence-corrected chi connectivity index (χ1v) is 5.91. The molecule has 1 fully saturated rings. The molecular formula is C14H15FO4. The second-order valence-electron chi connectivity index (χ2n) is 4.75. The van der Waals surface area contributed by atoms with Crippen LogP contribution in [0.4, 0.5) is 4.39 Å². The molecule has 1 N–H and O–H groups in total. The summed E-state index contributed by atoms with van der Waals surface area (Å²) < 4.78 is 23.8. The van der Waals surface area contributed by atoms with E-state index in [1.54, 1.807) is 19.9 Å². The quantitative estimate of drug-likeness (QED) is 0.855. The van der Waals surface area contributed by atoms with Gasteiger partial charge in [0.1, 0.15) is 23.9 Å². The smallest absolute Gasteiger partial charge is 0.204 e. The number of allylic oxidation sites excluding steroid dienone is 1. The van der Waals surface area contributed by atoms with Crippen LogP contribution in [0, 0.1) is 5.82 Å². The molecule has 0 amide bonds. The predicted octanol–water partition coefficient (Wildman–Crippen LogP) is 2.77. The number of halogens is 1. The van der Waals surface area contributed by atoms with Crippen LogP contribution in [0.25, 0.3) is 0 Å². The highest BCUT2D eigenvalue weighted by Gasteiger charge is 2.28. The van der Waals surface area contributed by atoms with Crippen molar-refractivity contribution in [1.82, 2.24) is 0 Å². The molecule has 0 radical (unpaired) electrons. The van der Waals surface area contributed by atoms with Gasteiger partial charge in [-0.1, -0.05) is 0 Å². The molecule has 19 heavy (non-hydrogen) atoms. The Morgan fingerprint density at radius 3 is 2.89 bits per heavy atom. The van der Waals surface area contributed by atoms with Gasteiger partial charge in [-0.2, -0.15) is 0 Å². The van der Waals surface area contributed by atoms with Gasteiger partial charge in [-0.05, 0) is 24.3 Å². The zero-order valence-electron chi connectivity index (χ0n) is 10.8. The summed E-state index contributed by atoms with van der Waals surface area (Å²) in [6.07, 6.45) is 1.60. The number of phenolic OH excluding ortho intramolecular Hbond substituents is 1. The van der Waals surface area contributed by atoms with Gasteiger partial charge in [-0.15, -0.1) is 0 Å². The maximum absolute atomic E-state index is 13.0. The second-order valence-corrected chi connectivity index (χ2v) is 4.75. The van der Waals surface area contributed by atoms with Crippen LogP contribution in [0.5, 0.6) is 5.75 Å². The van der Waals surface area contributed by atoms with Crippen molar-refractivity contribution in [3.63, 3.8) is 0 Å². The number of hydrogen-bond acceptors (Lipinski definition) is 4. The average molecular weight is 266 g/mol. The summed E-state index contributed by atoms with van der Waals surface area (Å²) in [5, 5.41) is 9.52. The zero-order valence-corrected chi connectivity index (χ0v) is 10.8. The van der Waals surface area contributed by atoms with E-state index < -0.39 is 11.6 Å². The fourth-order valence-electron chi connectivity index (χ4n) is 1.77. The summed E-state index contributed by atoms with van der Waals surface area (Å²) in [7, 11) is 0. The number of carbonyl (C=O) groups is 1. The molecule has 0 atom stereocenters. The Bertz CT molecular complexity index is 534. The van der Waals surface area contributed by atoms with E-state index in [0.717, 1.165) is 18.2 Å². The van der Waals surface area contributed by atoms with Gasteiger partial charge in [0.15, 0.2) is 5.78 Å². The lowest BCUT2D eigenvalue weighted by Gasteiger charge is -2.15. The van der Waals surface area contributed by atoms with Gasteiger partial charge in [0, 0.05) is 20.3 Å². The molecule has 1 aromatic carbocycles. The topological polar surface area (TPSA) is 55.8 Å². The van der Waals surface area contributed by atoms with Crippen LogP contribution in [0.2, 0.25) is 0 Å². The Kier molecular flexibility index (Phi) is 3.57. The third-order valence-corrected chi connectivity index (χ3v) is 2.71. The van der Waals surface area contributed by atoms with Gasteiger partial charge in [-0.3, -0.25) is 4.79 Å². The standard InChI is InChI=1S/C14H15FO4/c1-14(2)18-8-10(19-14)4-6-13(17)11-7-9(15)3-5-12(11)16/h3-5,7,16H,6,8H2,1-2H3. The van der Waals surface area contributed by atoms with Crippen LogP contribution in [0.3, 0.4) is 0 Å². The molecule has 0 aromatic heterocycles. The number of rotatable bonds is 3. The van der Waals surface area contributed by atoms with Gasteiger partial charge >= 0.3 is 0 Å². The largest absolute Gasteiger partial charge is 0.507 e. The van der Waals surface area contributed by atoms with E-state index in [4.69, 9.17) is 9.47 Å². The van der Waals surface area contributed by atoms with Gasteiger partial charge in [-0.25, -0.2) is 4.39 Å². The van der Waals surface area contributed by atoms with Gasteiger partial charge < -0.3 is 14.6 Å². The Balaban J connectivity index is 2.06. The molecular weight excluding hydrogens is 251 g/mol. The van der Waals surface area contributed by atoms with Crippen LogP contribution >= 0.6 is 0 Å². The van der Waals surface area contributed by atoms with Crippen molar-refractivity contribution in [1.29, 1.82) is 0 Å². The molecule has 102 valence electrons. The van der Waals surface area contributed by atoms with Gasteiger partial charge in [0.05, 0.1) is 5.56 Å². The van der Waals surface area contributed by atoms with Crippen molar-refractivity contribution in [2.24, 2.45) is 0 Å². The number of ether oxygens (including phenoxy) is 2. The normalized spacial score (nSPS) is 19.4. The summed E-state index contributed by atoms with van der Waals surface area (Å²) in [5.41, 5.74) is -0.0324. The first-order valence-electron chi connectivity index (χ1n) is 5.91. The molecule has 0 bridgehead atoms. The maximum Gasteiger partial charge on any atom is 0.204 e. The number of benzene rings is 1. The number of ketones is 1. The van der Waals surface area contributed by atoms with Crippen molar-refractivity contribution < 1.29 is 23.8 Å². The van der Waals surface area contributed by atoms with Crippen molar-refractivity contribution >= 4 is 5.78 Å². The van der Waals surface area contributed by atoms with E-state index in [-0.39, 0.29) is 23.5 Å². The number of phenols is 1. The monoisotopic (exact) mass is 266 g/mol. The van der Waals surface area contributed by atoms with E-state index >= 15 is 0 Å². The number of Topliss-reactive ketones (excluding diaryl/α,β-unsaturated/α-hetero) is 1. The van der Waals surface area contributed by atoms with E-state index in [0.29, 0.717) is 12.4 Å². The third kappa shape index (κ3) is 3.32. The number of hydrogen-bond donors (Lipinski definition) is 1. The molecule has 0 spiro atoms. The highest BCUT2D eigenvalue weighted by atomic mass is 19.1. The molecule has 1 aromatic rings. The van der Waals surface area contributed by atoms with E-state index in [1.807, 2.05) is 0 Å². The van der Waals surface area contributed by atoms with Crippen molar-refractivity contribution in [3.05, 3.63) is 41.4 Å². The maximum atomic E-state index is 13.0. The SMILES string of the molecule is CC1(C)OCC(=CCC(=O)c2cc(F)ccc2O)O1. The molecule has 2 rings (SSSR count). The second kappa shape index (κ2) is 5.01. The highest BCUT2D eigenvalue weighted by Crippen LogP contribution is 2.26. The minimum atomic E-state index is -0.685. The van der Waals surface area contributed by atoms with Gasteiger partial charge in [0.25, 0.3) is 0 Å². The molecule has 1 aliphatic heterocycles. The van der Waals surface area contributed by atoms with Crippen LogP contribution < -0.4 is 0 Å². The van der Waals surface area contributed by atoms with E-state index in [9.17, 15) is 14.3 Å². The Hall–Kier alpha value is -1.88. The van der Waals surface area contributed by atoms with Crippen molar-refractivity contribution in [2.75, 3.05) is 6.61 Å². The van der Waals surface area contributed by atoms with Crippen LogP contribution in [0.1, 0.15) is 30.6 Å². The minimum absolute atomic E-state index is 0.0196. The summed E-state index contributed by atoms with van der Waals surface area (Å²) in [6, 6.07) is 3.28. The summed E-state index contributed by atoms with van der Waals surface area (Å²) in [4.78, 5) is 11.9. The predicted molar refractivity (Wildman–Crippen MR) is 66.2 cm³/mol. The first-order chi connectivity index (χ1) is 8.87. The number of carbonyl (C=O) groups excluding carboxylic acids is 1. The first kappa shape index (κ1) is 13.5. The molecule has 1 saturated heterocycles. The van der Waals surface area contributed by atoms with Crippen molar-refractivity contribution in [2.45, 2.75) is 26.1 Å². The lowest BCUT2D eigenvalue weighted by molar-refractivity contribution is -0.116. The van der Waals surface area contributed by atoms with Crippen molar-refractivity contribution in [3.8, 4) is 5.75 Å². The average Bonchev–Trinajstić information content (AvgIpc) is 2.69. The highest BCUT2D eigenvalue weighted by molar-refractivity contribution is 5.99. The molecule has 1 aliphatic rings. The Labute approximate surface area is 110 Å². The zero-order chi connectivity index (χ0) is 14.0. The fraction of sp³-hybridized carbons (Fsp3) is 0.357. The molecule has 1 heterocycles. The molecule has 0 saturated carbocycles. The summed E-state index contributed by atoms with van der Waals surface area (Å²) in [6.45, 7) is 3.84. The number of aromatic hydroxyl groups is 1. The fourth-order valence-corrected chi connectivity index (χ4v) is 1.77. The van der Waals surface area contributed by atoms with Gasteiger partial charge in [0.2, 0.25) is 5.79 Å². The third-order valence-electron chi connectivity index (χ3n) is 2.71. The Morgan fingerprint density at radius 1 is 1.53 bits per heavy atom. The molecule has 0 aliphatic carbocycles. The lowest BCUT2D eigenvalue weighted by atomic mass is 10.1. The van der Waals surface area contributed by atoms with Crippen LogP contribution in [-0.2, 0) is 9.47 Å². The van der Waals surface area contributed by atoms with E-state index in [1.165, 1.54) is 0 Å². The summed E-state index contributed by atoms with van der Waals surface area (Å²) in [5.74, 6) is -1.29. The lowest BCUT2D eigenvalue weighted by Crippen LogP contribution is -2.18. The Morgan fingerprint density at radius 2 is 2.26 bits per heavy atom. The molecule has 4 nitrogen and oxygen atoms in total. The van der Waals surface area contributed by atoms with Crippen LogP contribution in [-0.4, -0.2) is 23.3 Å².